The number of aromatic nitrogens is 3. The third-order valence-electron chi connectivity index (χ3n) is 4.39. The number of halogens is 1. The van der Waals surface area contributed by atoms with Gasteiger partial charge in [-0.05, 0) is 48.6 Å². The number of nitrogens with zero attached hydrogens (tertiary/aromatic N) is 3. The Balaban J connectivity index is 1.47. The van der Waals surface area contributed by atoms with Crippen molar-refractivity contribution in [3.05, 3.63) is 60.6 Å². The average Bonchev–Trinajstić information content (AvgIpc) is 3.54. The smallest absolute Gasteiger partial charge is 0.275 e. The lowest BCUT2D eigenvalue weighted by Gasteiger charge is -2.10. The maximum Gasteiger partial charge on any atom is 0.275 e. The van der Waals surface area contributed by atoms with Crippen molar-refractivity contribution in [2.45, 2.75) is 12.8 Å². The fourth-order valence-corrected chi connectivity index (χ4v) is 2.57. The minimum absolute atomic E-state index is 0.145. The van der Waals surface area contributed by atoms with Gasteiger partial charge in [-0.25, -0.2) is 15.0 Å². The molecule has 0 unspecified atom stereocenters. The van der Waals surface area contributed by atoms with Crippen LogP contribution >= 0.6 is 0 Å². The average molecular weight is 379 g/mol. The van der Waals surface area contributed by atoms with E-state index < -0.39 is 11.9 Å². The van der Waals surface area contributed by atoms with Crippen molar-refractivity contribution in [3.63, 3.8) is 0 Å². The SMILES string of the molecule is Nc1ccc(-c2ccc(F)nc2)cc1NC(=O)c1cnc(OCC2CC2)cn1. The van der Waals surface area contributed by atoms with E-state index in [4.69, 9.17) is 10.5 Å². The van der Waals surface area contributed by atoms with Crippen LogP contribution in [0.4, 0.5) is 15.8 Å². The lowest BCUT2D eigenvalue weighted by atomic mass is 10.1. The van der Waals surface area contributed by atoms with Gasteiger partial charge in [0.15, 0.2) is 0 Å². The van der Waals surface area contributed by atoms with Gasteiger partial charge in [0.05, 0.1) is 30.4 Å². The molecule has 0 aliphatic heterocycles. The molecule has 142 valence electrons. The molecule has 8 heteroatoms. The van der Waals surface area contributed by atoms with E-state index in [1.807, 2.05) is 0 Å². The third-order valence-corrected chi connectivity index (χ3v) is 4.39. The summed E-state index contributed by atoms with van der Waals surface area (Å²) in [6, 6.07) is 8.00. The molecule has 1 fully saturated rings. The maximum atomic E-state index is 13.0. The second-order valence-electron chi connectivity index (χ2n) is 6.62. The summed E-state index contributed by atoms with van der Waals surface area (Å²) in [5.74, 6) is 0.00304. The van der Waals surface area contributed by atoms with Crippen LogP contribution in [0.5, 0.6) is 5.88 Å². The quantitative estimate of drug-likeness (QED) is 0.503. The number of carbonyl (C=O) groups excluding carboxylic acids is 1. The number of nitrogens with one attached hydrogen (secondary N) is 1. The number of rotatable bonds is 6. The third kappa shape index (κ3) is 4.22. The van der Waals surface area contributed by atoms with E-state index in [1.54, 1.807) is 24.3 Å². The summed E-state index contributed by atoms with van der Waals surface area (Å²) in [5, 5.41) is 2.73. The first-order valence-electron chi connectivity index (χ1n) is 8.86. The molecule has 3 N–H and O–H groups in total. The molecule has 1 aliphatic rings. The zero-order valence-corrected chi connectivity index (χ0v) is 14.9. The van der Waals surface area contributed by atoms with Crippen molar-refractivity contribution in [2.75, 3.05) is 17.7 Å². The van der Waals surface area contributed by atoms with E-state index in [0.29, 0.717) is 35.3 Å². The summed E-state index contributed by atoms with van der Waals surface area (Å²) < 4.78 is 18.5. The number of nitrogen functional groups attached to an aromatic ring is 1. The number of nitrogens with two attached hydrogens (primary N) is 1. The van der Waals surface area contributed by atoms with Crippen LogP contribution in [-0.2, 0) is 0 Å². The molecule has 1 aromatic carbocycles. The summed E-state index contributed by atoms with van der Waals surface area (Å²) >= 11 is 0. The highest BCUT2D eigenvalue weighted by atomic mass is 19.1. The number of amides is 1. The molecule has 1 aliphatic carbocycles. The van der Waals surface area contributed by atoms with E-state index in [-0.39, 0.29) is 5.69 Å². The molecular weight excluding hydrogens is 361 g/mol. The first-order valence-corrected chi connectivity index (χ1v) is 8.86. The van der Waals surface area contributed by atoms with Gasteiger partial charge in [0.25, 0.3) is 5.91 Å². The minimum atomic E-state index is -0.559. The largest absolute Gasteiger partial charge is 0.476 e. The van der Waals surface area contributed by atoms with Gasteiger partial charge >= 0.3 is 0 Å². The fourth-order valence-electron chi connectivity index (χ4n) is 2.57. The molecule has 1 saturated carbocycles. The molecular formula is C20H18FN5O2. The Hall–Kier alpha value is -3.55. The lowest BCUT2D eigenvalue weighted by Crippen LogP contribution is -2.15. The van der Waals surface area contributed by atoms with E-state index in [2.05, 4.69) is 20.3 Å². The topological polar surface area (TPSA) is 103 Å². The predicted octanol–water partition coefficient (Wildman–Crippen LogP) is 3.30. The number of hydrogen-bond donors (Lipinski definition) is 2. The van der Waals surface area contributed by atoms with Crippen LogP contribution in [0.3, 0.4) is 0 Å². The highest BCUT2D eigenvalue weighted by Gasteiger charge is 2.22. The monoisotopic (exact) mass is 379 g/mol. The zero-order chi connectivity index (χ0) is 19.5. The van der Waals surface area contributed by atoms with E-state index in [1.165, 1.54) is 37.5 Å². The Morgan fingerprint density at radius 1 is 1.11 bits per heavy atom. The van der Waals surface area contributed by atoms with Gasteiger partial charge in [-0.15, -0.1) is 0 Å². The molecule has 28 heavy (non-hydrogen) atoms. The molecule has 4 rings (SSSR count). The van der Waals surface area contributed by atoms with E-state index in [0.717, 1.165) is 5.56 Å². The van der Waals surface area contributed by atoms with Crippen molar-refractivity contribution in [2.24, 2.45) is 5.92 Å². The predicted molar refractivity (Wildman–Crippen MR) is 102 cm³/mol. The highest BCUT2D eigenvalue weighted by Crippen LogP contribution is 2.29. The van der Waals surface area contributed by atoms with Gasteiger partial charge in [0.1, 0.15) is 5.69 Å². The summed E-state index contributed by atoms with van der Waals surface area (Å²) in [7, 11) is 0. The van der Waals surface area contributed by atoms with Gasteiger partial charge in [-0.3, -0.25) is 4.79 Å². The number of hydrogen-bond acceptors (Lipinski definition) is 6. The van der Waals surface area contributed by atoms with Gasteiger partial charge < -0.3 is 15.8 Å². The van der Waals surface area contributed by atoms with Crippen LogP contribution in [0.25, 0.3) is 11.1 Å². The Labute approximate surface area is 160 Å². The molecule has 0 saturated heterocycles. The molecule has 2 aromatic heterocycles. The second kappa shape index (κ2) is 7.59. The van der Waals surface area contributed by atoms with E-state index >= 15 is 0 Å². The van der Waals surface area contributed by atoms with Crippen LogP contribution in [0.2, 0.25) is 0 Å². The molecule has 2 heterocycles. The van der Waals surface area contributed by atoms with Crippen molar-refractivity contribution in [1.82, 2.24) is 15.0 Å². The molecule has 7 nitrogen and oxygen atoms in total. The molecule has 0 atom stereocenters. The molecule has 1 amide bonds. The number of ether oxygens (including phenoxy) is 1. The fraction of sp³-hybridized carbons (Fsp3) is 0.200. The van der Waals surface area contributed by atoms with Gasteiger partial charge in [0.2, 0.25) is 11.8 Å². The number of benzene rings is 1. The number of carbonyl (C=O) groups is 1. The Morgan fingerprint density at radius 3 is 2.61 bits per heavy atom. The van der Waals surface area contributed by atoms with Crippen molar-refractivity contribution in [1.29, 1.82) is 0 Å². The van der Waals surface area contributed by atoms with Gasteiger partial charge in [0, 0.05) is 11.8 Å². The summed E-state index contributed by atoms with van der Waals surface area (Å²) in [4.78, 5) is 24.3. The van der Waals surface area contributed by atoms with Crippen molar-refractivity contribution >= 4 is 17.3 Å². The second-order valence-corrected chi connectivity index (χ2v) is 6.62. The van der Waals surface area contributed by atoms with Crippen LogP contribution in [0.1, 0.15) is 23.3 Å². The van der Waals surface area contributed by atoms with Crippen LogP contribution in [-0.4, -0.2) is 27.5 Å². The van der Waals surface area contributed by atoms with Crippen molar-refractivity contribution in [3.8, 4) is 17.0 Å². The summed E-state index contributed by atoms with van der Waals surface area (Å²) in [5.41, 5.74) is 8.37. The highest BCUT2D eigenvalue weighted by molar-refractivity contribution is 6.04. The zero-order valence-electron chi connectivity index (χ0n) is 14.9. The molecule has 0 radical (unpaired) electrons. The van der Waals surface area contributed by atoms with Crippen LogP contribution < -0.4 is 15.8 Å². The molecule has 3 aromatic rings. The molecule has 0 spiro atoms. The maximum absolute atomic E-state index is 13.0. The number of pyridine rings is 1. The van der Waals surface area contributed by atoms with Crippen molar-refractivity contribution < 1.29 is 13.9 Å². The lowest BCUT2D eigenvalue weighted by molar-refractivity contribution is 0.102. The van der Waals surface area contributed by atoms with E-state index in [9.17, 15) is 9.18 Å². The Morgan fingerprint density at radius 2 is 1.93 bits per heavy atom. The summed E-state index contributed by atoms with van der Waals surface area (Å²) in [6.07, 6.45) is 6.58. The minimum Gasteiger partial charge on any atom is -0.476 e. The standard InChI is InChI=1S/C20H18FN5O2/c21-18-6-4-14(8-24-18)13-3-5-15(22)16(7-13)26-20(27)17-9-25-19(10-23-17)28-11-12-1-2-12/h3-10,12H,1-2,11,22H2,(H,26,27). The van der Waals surface area contributed by atoms with Gasteiger partial charge in [-0.1, -0.05) is 6.07 Å². The van der Waals surface area contributed by atoms with Gasteiger partial charge in [-0.2, -0.15) is 4.39 Å². The number of anilines is 2. The van der Waals surface area contributed by atoms with Crippen LogP contribution in [0, 0.1) is 11.9 Å². The molecule has 0 bridgehead atoms. The first-order chi connectivity index (χ1) is 13.6. The van der Waals surface area contributed by atoms with Crippen LogP contribution in [0.15, 0.2) is 48.9 Å². The summed E-state index contributed by atoms with van der Waals surface area (Å²) in [6.45, 7) is 0.627. The Bertz CT molecular complexity index is 988. The first kappa shape index (κ1) is 17.8. The Kier molecular flexibility index (Phi) is 4.84. The normalized spacial score (nSPS) is 13.2.